The number of aromatic amines is 1. The highest BCUT2D eigenvalue weighted by molar-refractivity contribution is 7.99. The number of imidazole rings is 1. The van der Waals surface area contributed by atoms with E-state index in [0.29, 0.717) is 5.88 Å². The number of nitrogens with one attached hydrogen (secondary N) is 1. The first kappa shape index (κ1) is 11.6. The van der Waals surface area contributed by atoms with Gasteiger partial charge in [0.2, 0.25) is 0 Å². The molecular formula is C12H13ClN2S. The van der Waals surface area contributed by atoms with Crippen molar-refractivity contribution in [1.82, 2.24) is 9.97 Å². The van der Waals surface area contributed by atoms with Gasteiger partial charge in [0.15, 0.2) is 0 Å². The van der Waals surface area contributed by atoms with Gasteiger partial charge in [0.25, 0.3) is 0 Å². The van der Waals surface area contributed by atoms with Crippen molar-refractivity contribution in [1.29, 1.82) is 0 Å². The van der Waals surface area contributed by atoms with Gasteiger partial charge in [-0.15, -0.1) is 23.4 Å². The molecule has 1 aromatic carbocycles. The van der Waals surface area contributed by atoms with E-state index < -0.39 is 0 Å². The number of thioether (sulfide) groups is 1. The van der Waals surface area contributed by atoms with E-state index in [1.165, 1.54) is 4.90 Å². The summed E-state index contributed by atoms with van der Waals surface area (Å²) in [6.07, 6.45) is 1.82. The van der Waals surface area contributed by atoms with Crippen LogP contribution in [0.25, 0.3) is 11.3 Å². The zero-order chi connectivity index (χ0) is 11.4. The highest BCUT2D eigenvalue weighted by atomic mass is 35.5. The third-order valence-corrected chi connectivity index (χ3v) is 3.38. The van der Waals surface area contributed by atoms with E-state index in [2.05, 4.69) is 41.2 Å². The van der Waals surface area contributed by atoms with Gasteiger partial charge in [-0.3, -0.25) is 0 Å². The van der Waals surface area contributed by atoms with Gasteiger partial charge in [0.1, 0.15) is 5.82 Å². The average Bonchev–Trinajstić information content (AvgIpc) is 2.79. The molecule has 0 aliphatic rings. The summed E-state index contributed by atoms with van der Waals surface area (Å²) in [5.41, 5.74) is 2.16. The van der Waals surface area contributed by atoms with Gasteiger partial charge in [-0.1, -0.05) is 19.1 Å². The molecule has 2 nitrogen and oxygen atoms in total. The lowest BCUT2D eigenvalue weighted by Crippen LogP contribution is -1.81. The Bertz CT molecular complexity index is 450. The molecule has 0 saturated carbocycles. The topological polar surface area (TPSA) is 28.7 Å². The normalized spacial score (nSPS) is 10.6. The fourth-order valence-corrected chi connectivity index (χ4v) is 2.27. The molecule has 0 saturated heterocycles. The molecule has 0 spiro atoms. The van der Waals surface area contributed by atoms with Crippen LogP contribution >= 0.6 is 23.4 Å². The van der Waals surface area contributed by atoms with Crippen molar-refractivity contribution in [2.24, 2.45) is 0 Å². The first-order valence-electron chi connectivity index (χ1n) is 5.16. The van der Waals surface area contributed by atoms with E-state index in [-0.39, 0.29) is 0 Å². The summed E-state index contributed by atoms with van der Waals surface area (Å²) in [4.78, 5) is 8.65. The maximum atomic E-state index is 5.70. The third-order valence-electron chi connectivity index (χ3n) is 2.23. The van der Waals surface area contributed by atoms with Crippen LogP contribution in [0.15, 0.2) is 35.4 Å². The van der Waals surface area contributed by atoms with Crippen LogP contribution in [0, 0.1) is 0 Å². The number of halogens is 1. The van der Waals surface area contributed by atoms with Crippen LogP contribution < -0.4 is 0 Å². The van der Waals surface area contributed by atoms with Gasteiger partial charge in [0.05, 0.1) is 17.8 Å². The predicted molar refractivity (Wildman–Crippen MR) is 70.0 cm³/mol. The van der Waals surface area contributed by atoms with Gasteiger partial charge < -0.3 is 4.98 Å². The molecule has 0 bridgehead atoms. The molecule has 2 rings (SSSR count). The van der Waals surface area contributed by atoms with Gasteiger partial charge in [-0.25, -0.2) is 4.98 Å². The van der Waals surface area contributed by atoms with Crippen molar-refractivity contribution < 1.29 is 0 Å². The molecule has 0 amide bonds. The number of nitrogens with zero attached hydrogens (tertiary/aromatic N) is 1. The first-order chi connectivity index (χ1) is 7.83. The summed E-state index contributed by atoms with van der Waals surface area (Å²) in [6.45, 7) is 2.15. The van der Waals surface area contributed by atoms with Crippen molar-refractivity contribution in [3.8, 4) is 11.3 Å². The van der Waals surface area contributed by atoms with Gasteiger partial charge in [-0.05, 0) is 23.4 Å². The summed E-state index contributed by atoms with van der Waals surface area (Å²) in [6, 6.07) is 8.46. The van der Waals surface area contributed by atoms with E-state index in [1.807, 2.05) is 18.0 Å². The fraction of sp³-hybridized carbons (Fsp3) is 0.250. The molecule has 0 aliphatic carbocycles. The molecule has 0 radical (unpaired) electrons. The number of alkyl halides is 1. The lowest BCUT2D eigenvalue weighted by Gasteiger charge is -2.00. The zero-order valence-corrected chi connectivity index (χ0v) is 10.6. The van der Waals surface area contributed by atoms with Crippen LogP contribution in [0.5, 0.6) is 0 Å². The van der Waals surface area contributed by atoms with Crippen LogP contribution in [0.1, 0.15) is 12.7 Å². The van der Waals surface area contributed by atoms with E-state index in [1.54, 1.807) is 0 Å². The second kappa shape index (κ2) is 5.41. The molecule has 0 unspecified atom stereocenters. The summed E-state index contributed by atoms with van der Waals surface area (Å²) in [5, 5.41) is 0. The van der Waals surface area contributed by atoms with E-state index in [4.69, 9.17) is 11.6 Å². The SMILES string of the molecule is CCSc1ccc(-c2cnc(CCl)[nH]2)cc1. The Hall–Kier alpha value is -0.930. The number of aromatic nitrogens is 2. The predicted octanol–water partition coefficient (Wildman–Crippen LogP) is 3.93. The smallest absolute Gasteiger partial charge is 0.121 e. The molecule has 1 heterocycles. The standard InChI is InChI=1S/C12H13ClN2S/c1-2-16-10-5-3-9(4-6-10)11-8-14-12(7-13)15-11/h3-6,8H,2,7H2,1H3,(H,14,15). The summed E-state index contributed by atoms with van der Waals surface area (Å²) >= 11 is 7.54. The Morgan fingerprint density at radius 1 is 1.31 bits per heavy atom. The average molecular weight is 253 g/mol. The molecule has 0 aliphatic heterocycles. The zero-order valence-electron chi connectivity index (χ0n) is 9.03. The van der Waals surface area contributed by atoms with Crippen LogP contribution in [0.4, 0.5) is 0 Å². The number of hydrogen-bond acceptors (Lipinski definition) is 2. The highest BCUT2D eigenvalue weighted by Gasteiger charge is 2.02. The Kier molecular flexibility index (Phi) is 3.91. The molecule has 4 heteroatoms. The Morgan fingerprint density at radius 2 is 2.06 bits per heavy atom. The summed E-state index contributed by atoms with van der Waals surface area (Å²) < 4.78 is 0. The highest BCUT2D eigenvalue weighted by Crippen LogP contribution is 2.23. The molecule has 1 N–H and O–H groups in total. The second-order valence-electron chi connectivity index (χ2n) is 3.33. The maximum absolute atomic E-state index is 5.70. The fourth-order valence-electron chi connectivity index (χ4n) is 1.47. The molecule has 0 fully saturated rings. The number of benzene rings is 1. The maximum Gasteiger partial charge on any atom is 0.121 e. The van der Waals surface area contributed by atoms with Crippen molar-refractivity contribution >= 4 is 23.4 Å². The van der Waals surface area contributed by atoms with E-state index in [0.717, 1.165) is 22.8 Å². The van der Waals surface area contributed by atoms with Crippen LogP contribution in [-0.4, -0.2) is 15.7 Å². The van der Waals surface area contributed by atoms with Crippen LogP contribution in [0.3, 0.4) is 0 Å². The van der Waals surface area contributed by atoms with Crippen molar-refractivity contribution in [2.45, 2.75) is 17.7 Å². The minimum atomic E-state index is 0.420. The molecule has 1 aromatic heterocycles. The largest absolute Gasteiger partial charge is 0.341 e. The lowest BCUT2D eigenvalue weighted by atomic mass is 10.2. The molecular weight excluding hydrogens is 240 g/mol. The molecule has 2 aromatic rings. The summed E-state index contributed by atoms with van der Waals surface area (Å²) in [5.74, 6) is 2.33. The van der Waals surface area contributed by atoms with E-state index in [9.17, 15) is 0 Å². The second-order valence-corrected chi connectivity index (χ2v) is 4.94. The Labute approximate surface area is 104 Å². The molecule has 16 heavy (non-hydrogen) atoms. The number of rotatable bonds is 4. The molecule has 0 atom stereocenters. The van der Waals surface area contributed by atoms with Gasteiger partial charge in [0, 0.05) is 4.90 Å². The minimum Gasteiger partial charge on any atom is -0.341 e. The van der Waals surface area contributed by atoms with Crippen molar-refractivity contribution in [3.05, 3.63) is 36.3 Å². The lowest BCUT2D eigenvalue weighted by molar-refractivity contribution is 1.12. The molecule has 84 valence electrons. The number of hydrogen-bond donors (Lipinski definition) is 1. The number of H-pyrrole nitrogens is 1. The van der Waals surface area contributed by atoms with Gasteiger partial charge in [-0.2, -0.15) is 0 Å². The Balaban J connectivity index is 2.20. The Morgan fingerprint density at radius 3 is 2.62 bits per heavy atom. The van der Waals surface area contributed by atoms with Crippen molar-refractivity contribution in [3.63, 3.8) is 0 Å². The minimum absolute atomic E-state index is 0.420. The van der Waals surface area contributed by atoms with E-state index >= 15 is 0 Å². The monoisotopic (exact) mass is 252 g/mol. The van der Waals surface area contributed by atoms with Crippen molar-refractivity contribution in [2.75, 3.05) is 5.75 Å². The quantitative estimate of drug-likeness (QED) is 0.660. The van der Waals surface area contributed by atoms with Crippen LogP contribution in [-0.2, 0) is 5.88 Å². The third kappa shape index (κ3) is 2.60. The first-order valence-corrected chi connectivity index (χ1v) is 6.68. The van der Waals surface area contributed by atoms with Crippen LogP contribution in [0.2, 0.25) is 0 Å². The summed E-state index contributed by atoms with van der Waals surface area (Å²) in [7, 11) is 0. The van der Waals surface area contributed by atoms with Gasteiger partial charge >= 0.3 is 0 Å².